The maximum absolute atomic E-state index is 11.5. The van der Waals surface area contributed by atoms with E-state index in [1.165, 1.54) is 0 Å². The fourth-order valence-corrected chi connectivity index (χ4v) is 1.46. The topological polar surface area (TPSA) is 108 Å². The van der Waals surface area contributed by atoms with Gasteiger partial charge >= 0.3 is 12.1 Å². The summed E-state index contributed by atoms with van der Waals surface area (Å²) in [6, 6.07) is -0.596. The minimum Gasteiger partial charge on any atom is -0.465 e. The third-order valence-corrected chi connectivity index (χ3v) is 2.47. The first kappa shape index (κ1) is 11.3. The van der Waals surface area contributed by atoms with Crippen molar-refractivity contribution in [1.82, 2.24) is 16.0 Å². The normalized spacial score (nSPS) is 25.0. The highest BCUT2D eigenvalue weighted by Crippen LogP contribution is 2.20. The van der Waals surface area contributed by atoms with Crippen molar-refractivity contribution in [1.29, 1.82) is 0 Å². The summed E-state index contributed by atoms with van der Waals surface area (Å²) in [5.74, 6) is -0.716. The Bertz CT molecular complexity index is 315. The van der Waals surface area contributed by atoms with Gasteiger partial charge in [-0.25, -0.2) is 9.59 Å². The molecule has 1 atom stereocenters. The lowest BCUT2D eigenvalue weighted by Crippen LogP contribution is -2.58. The van der Waals surface area contributed by atoms with Crippen LogP contribution in [0.15, 0.2) is 0 Å². The second kappa shape index (κ2) is 3.76. The van der Waals surface area contributed by atoms with Crippen LogP contribution in [-0.4, -0.2) is 35.2 Å². The maximum atomic E-state index is 11.5. The van der Waals surface area contributed by atoms with E-state index in [2.05, 4.69) is 16.0 Å². The zero-order valence-corrected chi connectivity index (χ0v) is 8.46. The summed E-state index contributed by atoms with van der Waals surface area (Å²) in [4.78, 5) is 32.9. The molecule has 4 N–H and O–H groups in total. The Morgan fingerprint density at radius 3 is 2.47 bits per heavy atom. The summed E-state index contributed by atoms with van der Waals surface area (Å²) in [5, 5.41) is 15.1. The van der Waals surface area contributed by atoms with E-state index in [4.69, 9.17) is 5.11 Å². The monoisotopic (exact) mass is 215 g/mol. The molecule has 1 rings (SSSR count). The first-order chi connectivity index (χ1) is 6.88. The zero-order chi connectivity index (χ0) is 11.6. The van der Waals surface area contributed by atoms with Crippen LogP contribution in [0, 0.1) is 5.92 Å². The number of carbonyl (C=O) groups is 3. The number of hydrogen-bond donors (Lipinski definition) is 4. The van der Waals surface area contributed by atoms with Crippen LogP contribution < -0.4 is 16.0 Å². The van der Waals surface area contributed by atoms with Gasteiger partial charge in [-0.15, -0.1) is 0 Å². The second-order valence-corrected chi connectivity index (χ2v) is 3.69. The van der Waals surface area contributed by atoms with Gasteiger partial charge in [0.05, 0.1) is 6.54 Å². The molecule has 1 unspecified atom stereocenters. The van der Waals surface area contributed by atoms with Crippen LogP contribution in [0.5, 0.6) is 0 Å². The van der Waals surface area contributed by atoms with Gasteiger partial charge in [0, 0.05) is 0 Å². The summed E-state index contributed by atoms with van der Waals surface area (Å²) in [5.41, 5.74) is -1.19. The largest absolute Gasteiger partial charge is 0.465 e. The maximum Gasteiger partial charge on any atom is 0.404 e. The molecule has 7 heteroatoms. The van der Waals surface area contributed by atoms with Crippen molar-refractivity contribution < 1.29 is 19.5 Å². The van der Waals surface area contributed by atoms with Gasteiger partial charge in [0.25, 0.3) is 5.91 Å². The van der Waals surface area contributed by atoms with E-state index in [0.717, 1.165) is 0 Å². The molecule has 84 valence electrons. The molecule has 7 nitrogen and oxygen atoms in total. The van der Waals surface area contributed by atoms with Crippen LogP contribution in [0.2, 0.25) is 0 Å². The number of amides is 4. The molecule has 1 fully saturated rings. The zero-order valence-electron chi connectivity index (χ0n) is 8.46. The van der Waals surface area contributed by atoms with E-state index < -0.39 is 23.6 Å². The Labute approximate surface area is 86.2 Å². The van der Waals surface area contributed by atoms with Gasteiger partial charge in [-0.3, -0.25) is 10.1 Å². The molecule has 0 aromatic rings. The van der Waals surface area contributed by atoms with E-state index in [9.17, 15) is 14.4 Å². The quantitative estimate of drug-likeness (QED) is 0.475. The van der Waals surface area contributed by atoms with Crippen molar-refractivity contribution in [3.05, 3.63) is 0 Å². The van der Waals surface area contributed by atoms with Crippen molar-refractivity contribution in [2.45, 2.75) is 19.4 Å². The van der Waals surface area contributed by atoms with Gasteiger partial charge in [-0.05, 0) is 5.92 Å². The number of nitrogens with one attached hydrogen (secondary N) is 3. The number of urea groups is 1. The first-order valence-corrected chi connectivity index (χ1v) is 4.49. The minimum atomic E-state index is -1.23. The van der Waals surface area contributed by atoms with Gasteiger partial charge < -0.3 is 15.7 Å². The fourth-order valence-electron chi connectivity index (χ4n) is 1.46. The number of hydrogen-bond acceptors (Lipinski definition) is 3. The summed E-state index contributed by atoms with van der Waals surface area (Å²) in [6.07, 6.45) is -1.23. The summed E-state index contributed by atoms with van der Waals surface area (Å²) < 4.78 is 0. The third-order valence-electron chi connectivity index (χ3n) is 2.47. The van der Waals surface area contributed by atoms with Crippen LogP contribution in [0.3, 0.4) is 0 Å². The average molecular weight is 215 g/mol. The van der Waals surface area contributed by atoms with Gasteiger partial charge in [0.2, 0.25) is 0 Å². The first-order valence-electron chi connectivity index (χ1n) is 4.49. The van der Waals surface area contributed by atoms with Gasteiger partial charge in [0.1, 0.15) is 5.54 Å². The lowest BCUT2D eigenvalue weighted by atomic mass is 9.86. The molecule has 0 aromatic heterocycles. The van der Waals surface area contributed by atoms with Crippen molar-refractivity contribution in [3.63, 3.8) is 0 Å². The molecule has 0 bridgehead atoms. The Morgan fingerprint density at radius 1 is 1.53 bits per heavy atom. The van der Waals surface area contributed by atoms with Crippen molar-refractivity contribution in [3.8, 4) is 0 Å². The van der Waals surface area contributed by atoms with Crippen molar-refractivity contribution in [2.75, 3.05) is 6.54 Å². The molecular formula is C8H13N3O4. The molecule has 1 saturated heterocycles. The smallest absolute Gasteiger partial charge is 0.404 e. The highest BCUT2D eigenvalue weighted by Gasteiger charge is 2.48. The molecule has 15 heavy (non-hydrogen) atoms. The van der Waals surface area contributed by atoms with E-state index >= 15 is 0 Å². The molecule has 0 saturated carbocycles. The Morgan fingerprint density at radius 2 is 2.13 bits per heavy atom. The molecule has 0 aliphatic carbocycles. The van der Waals surface area contributed by atoms with E-state index in [-0.39, 0.29) is 12.5 Å². The highest BCUT2D eigenvalue weighted by molar-refractivity contribution is 6.07. The van der Waals surface area contributed by atoms with Gasteiger partial charge in [0.15, 0.2) is 0 Å². The molecule has 1 heterocycles. The summed E-state index contributed by atoms with van der Waals surface area (Å²) in [6.45, 7) is 3.32. The van der Waals surface area contributed by atoms with E-state index in [1.54, 1.807) is 13.8 Å². The van der Waals surface area contributed by atoms with Crippen LogP contribution >= 0.6 is 0 Å². The average Bonchev–Trinajstić information content (AvgIpc) is 2.38. The molecule has 0 aromatic carbocycles. The lowest BCUT2D eigenvalue weighted by Gasteiger charge is -2.29. The summed E-state index contributed by atoms with van der Waals surface area (Å²) >= 11 is 0. The molecular weight excluding hydrogens is 202 g/mol. The Balaban J connectivity index is 2.84. The Kier molecular flexibility index (Phi) is 2.83. The van der Waals surface area contributed by atoms with Crippen LogP contribution in [0.25, 0.3) is 0 Å². The van der Waals surface area contributed by atoms with E-state index in [1.807, 2.05) is 0 Å². The molecule has 1 aliphatic rings. The predicted octanol–water partition coefficient (Wildman–Crippen LogP) is -0.512. The van der Waals surface area contributed by atoms with E-state index in [0.29, 0.717) is 0 Å². The standard InChI is InChI=1S/C8H13N3O4/c1-4(2)8(3-9-7(14)15)5(12)10-6(13)11-8/h4,9H,3H2,1-2H3,(H,14,15)(H2,10,11,12,13). The highest BCUT2D eigenvalue weighted by atomic mass is 16.4. The molecule has 0 spiro atoms. The predicted molar refractivity (Wildman–Crippen MR) is 50.3 cm³/mol. The van der Waals surface area contributed by atoms with Crippen molar-refractivity contribution >= 4 is 18.0 Å². The van der Waals surface area contributed by atoms with Crippen molar-refractivity contribution in [2.24, 2.45) is 5.92 Å². The lowest BCUT2D eigenvalue weighted by molar-refractivity contribution is -0.125. The van der Waals surface area contributed by atoms with Crippen LogP contribution in [-0.2, 0) is 4.79 Å². The second-order valence-electron chi connectivity index (χ2n) is 3.69. The van der Waals surface area contributed by atoms with Gasteiger partial charge in [-0.1, -0.05) is 13.8 Å². The molecule has 1 aliphatic heterocycles. The number of imide groups is 1. The number of rotatable bonds is 3. The number of carboxylic acid groups (broad SMARTS) is 1. The SMILES string of the molecule is CC(C)C1(CNC(=O)O)NC(=O)NC1=O. The van der Waals surface area contributed by atoms with Crippen LogP contribution in [0.1, 0.15) is 13.8 Å². The summed E-state index contributed by atoms with van der Waals surface area (Å²) in [7, 11) is 0. The van der Waals surface area contributed by atoms with Crippen LogP contribution in [0.4, 0.5) is 9.59 Å². The molecule has 4 amide bonds. The number of carbonyl (C=O) groups excluding carboxylic acids is 2. The fraction of sp³-hybridized carbons (Fsp3) is 0.625. The Hall–Kier alpha value is -1.79. The minimum absolute atomic E-state index is 0.141. The van der Waals surface area contributed by atoms with Gasteiger partial charge in [-0.2, -0.15) is 0 Å². The molecule has 0 radical (unpaired) electrons. The third kappa shape index (κ3) is 2.00.